The number of amides is 1. The van der Waals surface area contributed by atoms with E-state index in [1.165, 1.54) is 4.68 Å². The molecule has 1 aliphatic heterocycles. The molecule has 7 heteroatoms. The van der Waals surface area contributed by atoms with E-state index in [0.29, 0.717) is 35.8 Å². The number of aromatic nitrogens is 2. The molecule has 0 unspecified atom stereocenters. The van der Waals surface area contributed by atoms with Crippen molar-refractivity contribution in [3.8, 4) is 0 Å². The van der Waals surface area contributed by atoms with E-state index in [9.17, 15) is 14.0 Å². The molecule has 0 atom stereocenters. The van der Waals surface area contributed by atoms with Crippen LogP contribution >= 0.6 is 0 Å². The van der Waals surface area contributed by atoms with Gasteiger partial charge in [0.25, 0.3) is 11.5 Å². The van der Waals surface area contributed by atoms with Crippen LogP contribution in [0.4, 0.5) is 10.1 Å². The lowest BCUT2D eigenvalue weighted by Gasteiger charge is -2.19. The summed E-state index contributed by atoms with van der Waals surface area (Å²) in [6.45, 7) is 4.96. The molecule has 1 aliphatic rings. The molecule has 1 aromatic heterocycles. The van der Waals surface area contributed by atoms with Crippen LogP contribution in [-0.2, 0) is 13.0 Å². The Morgan fingerprint density at radius 1 is 1.21 bits per heavy atom. The van der Waals surface area contributed by atoms with Crippen molar-refractivity contribution in [1.82, 2.24) is 15.1 Å². The first-order chi connectivity index (χ1) is 13.5. The Morgan fingerprint density at radius 3 is 2.71 bits per heavy atom. The quantitative estimate of drug-likeness (QED) is 0.732. The molecule has 144 valence electrons. The van der Waals surface area contributed by atoms with E-state index in [2.05, 4.69) is 15.7 Å². The van der Waals surface area contributed by atoms with Gasteiger partial charge >= 0.3 is 0 Å². The molecule has 0 fully saturated rings. The summed E-state index contributed by atoms with van der Waals surface area (Å²) < 4.78 is 16.2. The summed E-state index contributed by atoms with van der Waals surface area (Å²) in [4.78, 5) is 25.6. The van der Waals surface area contributed by atoms with Gasteiger partial charge in [-0.3, -0.25) is 9.59 Å². The van der Waals surface area contributed by atoms with Crippen molar-refractivity contribution in [2.75, 3.05) is 11.9 Å². The Balaban J connectivity index is 1.78. The summed E-state index contributed by atoms with van der Waals surface area (Å²) >= 11 is 0. The lowest BCUT2D eigenvalue weighted by Crippen LogP contribution is -2.29. The molecule has 2 N–H and O–H groups in total. The maximum absolute atomic E-state index is 14.9. The molecule has 0 aliphatic carbocycles. The van der Waals surface area contributed by atoms with Crippen LogP contribution in [0.15, 0.2) is 41.2 Å². The van der Waals surface area contributed by atoms with Gasteiger partial charge in [-0.1, -0.05) is 24.3 Å². The second-order valence-electron chi connectivity index (χ2n) is 7.18. The summed E-state index contributed by atoms with van der Waals surface area (Å²) in [5, 5.41) is 11.0. The van der Waals surface area contributed by atoms with Crippen LogP contribution in [-0.4, -0.2) is 22.2 Å². The zero-order valence-electron chi connectivity index (χ0n) is 15.8. The maximum Gasteiger partial charge on any atom is 0.276 e. The van der Waals surface area contributed by atoms with Crippen LogP contribution in [0.1, 0.15) is 41.5 Å². The lowest BCUT2D eigenvalue weighted by molar-refractivity contribution is 0.102. The van der Waals surface area contributed by atoms with E-state index in [4.69, 9.17) is 0 Å². The van der Waals surface area contributed by atoms with Crippen molar-refractivity contribution in [3.05, 3.63) is 69.4 Å². The van der Waals surface area contributed by atoms with Crippen LogP contribution in [0.25, 0.3) is 10.8 Å². The molecular weight excluding hydrogens is 359 g/mol. The summed E-state index contributed by atoms with van der Waals surface area (Å²) in [5.41, 5.74) is 1.50. The molecule has 4 rings (SSSR count). The fourth-order valence-electron chi connectivity index (χ4n) is 3.54. The smallest absolute Gasteiger partial charge is 0.276 e. The third kappa shape index (κ3) is 3.07. The van der Waals surface area contributed by atoms with E-state index in [1.54, 1.807) is 30.3 Å². The minimum Gasteiger partial charge on any atom is -0.318 e. The SMILES string of the molecule is CC(C)n1nc(C(=O)Nc2ccc3c(c2F)CCNC3)c2ccccc2c1=O. The van der Waals surface area contributed by atoms with Gasteiger partial charge in [0.1, 0.15) is 5.82 Å². The number of hydrogen-bond donors (Lipinski definition) is 2. The third-order valence-electron chi connectivity index (χ3n) is 4.99. The van der Waals surface area contributed by atoms with Crippen LogP contribution in [0, 0.1) is 5.82 Å². The van der Waals surface area contributed by atoms with Crippen LogP contribution < -0.4 is 16.2 Å². The summed E-state index contributed by atoms with van der Waals surface area (Å²) in [5.74, 6) is -0.952. The molecule has 2 aromatic carbocycles. The molecule has 0 bridgehead atoms. The molecule has 2 heterocycles. The van der Waals surface area contributed by atoms with Gasteiger partial charge in [0.15, 0.2) is 5.69 Å². The van der Waals surface area contributed by atoms with Crippen molar-refractivity contribution in [1.29, 1.82) is 0 Å². The Bertz CT molecular complexity index is 1140. The third-order valence-corrected chi connectivity index (χ3v) is 4.99. The Morgan fingerprint density at radius 2 is 1.96 bits per heavy atom. The van der Waals surface area contributed by atoms with Crippen molar-refractivity contribution in [2.45, 2.75) is 32.9 Å². The Hall–Kier alpha value is -3.06. The van der Waals surface area contributed by atoms with Gasteiger partial charge in [-0.25, -0.2) is 9.07 Å². The van der Waals surface area contributed by atoms with Crippen LogP contribution in [0.3, 0.4) is 0 Å². The molecule has 6 nitrogen and oxygen atoms in total. The zero-order valence-corrected chi connectivity index (χ0v) is 15.8. The van der Waals surface area contributed by atoms with Crippen molar-refractivity contribution < 1.29 is 9.18 Å². The molecule has 28 heavy (non-hydrogen) atoms. The van der Waals surface area contributed by atoms with Crippen LogP contribution in [0.5, 0.6) is 0 Å². The summed E-state index contributed by atoms with van der Waals surface area (Å²) in [6, 6.07) is 10.0. The van der Waals surface area contributed by atoms with Gasteiger partial charge in [0.05, 0.1) is 17.1 Å². The van der Waals surface area contributed by atoms with E-state index in [1.807, 2.05) is 19.9 Å². The number of halogens is 1. The second kappa shape index (κ2) is 7.16. The van der Waals surface area contributed by atoms with Gasteiger partial charge in [-0.2, -0.15) is 5.10 Å². The average Bonchev–Trinajstić information content (AvgIpc) is 2.70. The van der Waals surface area contributed by atoms with E-state index < -0.39 is 11.7 Å². The predicted octanol–water partition coefficient (Wildman–Crippen LogP) is 3.01. The number of fused-ring (bicyclic) bond motifs is 2. The molecular formula is C21H21FN4O2. The highest BCUT2D eigenvalue weighted by molar-refractivity contribution is 6.11. The number of nitrogens with zero attached hydrogens (tertiary/aromatic N) is 2. The fraction of sp³-hybridized carbons (Fsp3) is 0.286. The number of hydrogen-bond acceptors (Lipinski definition) is 4. The Kier molecular flexibility index (Phi) is 4.68. The fourth-order valence-corrected chi connectivity index (χ4v) is 3.54. The maximum atomic E-state index is 14.9. The van der Waals surface area contributed by atoms with Crippen molar-refractivity contribution >= 4 is 22.4 Å². The van der Waals surface area contributed by atoms with Gasteiger partial charge in [-0.15, -0.1) is 0 Å². The molecule has 0 saturated carbocycles. The second-order valence-corrected chi connectivity index (χ2v) is 7.18. The zero-order chi connectivity index (χ0) is 19.8. The number of carbonyl (C=O) groups excluding carboxylic acids is 1. The molecule has 1 amide bonds. The highest BCUT2D eigenvalue weighted by atomic mass is 19.1. The number of benzene rings is 2. The minimum atomic E-state index is -0.543. The summed E-state index contributed by atoms with van der Waals surface area (Å²) in [6.07, 6.45) is 0.574. The molecule has 0 saturated heterocycles. The average molecular weight is 380 g/mol. The number of nitrogens with one attached hydrogen (secondary N) is 2. The summed E-state index contributed by atoms with van der Waals surface area (Å²) in [7, 11) is 0. The standard InChI is InChI=1S/C21H21FN4O2/c1-12(2)26-21(28)16-6-4-3-5-15(16)19(25-26)20(27)24-17-8-7-13-11-23-10-9-14(13)18(17)22/h3-8,12,23H,9-11H2,1-2H3,(H,24,27). The van der Waals surface area contributed by atoms with Gasteiger partial charge in [0, 0.05) is 11.9 Å². The number of anilines is 1. The lowest BCUT2D eigenvalue weighted by atomic mass is 9.99. The van der Waals surface area contributed by atoms with E-state index >= 15 is 0 Å². The monoisotopic (exact) mass is 380 g/mol. The van der Waals surface area contributed by atoms with Gasteiger partial charge in [-0.05, 0) is 50.1 Å². The van der Waals surface area contributed by atoms with Crippen LogP contribution in [0.2, 0.25) is 0 Å². The number of rotatable bonds is 3. The first-order valence-corrected chi connectivity index (χ1v) is 9.31. The highest BCUT2D eigenvalue weighted by Crippen LogP contribution is 2.25. The Labute approximate surface area is 161 Å². The largest absolute Gasteiger partial charge is 0.318 e. The van der Waals surface area contributed by atoms with Crippen molar-refractivity contribution in [3.63, 3.8) is 0 Å². The molecule has 0 spiro atoms. The van der Waals surface area contributed by atoms with Crippen molar-refractivity contribution in [2.24, 2.45) is 0 Å². The normalized spacial score (nSPS) is 13.6. The van der Waals surface area contributed by atoms with E-state index in [0.717, 1.165) is 5.56 Å². The van der Waals surface area contributed by atoms with Gasteiger partial charge < -0.3 is 10.6 Å². The van der Waals surface area contributed by atoms with Gasteiger partial charge in [0.2, 0.25) is 0 Å². The first-order valence-electron chi connectivity index (χ1n) is 9.31. The molecule has 0 radical (unpaired) electrons. The minimum absolute atomic E-state index is 0.0997. The molecule has 3 aromatic rings. The topological polar surface area (TPSA) is 76.0 Å². The number of carbonyl (C=O) groups is 1. The first kappa shape index (κ1) is 18.3. The van der Waals surface area contributed by atoms with E-state index in [-0.39, 0.29) is 23.0 Å². The predicted molar refractivity (Wildman–Crippen MR) is 106 cm³/mol. The highest BCUT2D eigenvalue weighted by Gasteiger charge is 2.21.